The van der Waals surface area contributed by atoms with Crippen LogP contribution in [-0.2, 0) is 6.54 Å². The van der Waals surface area contributed by atoms with Gasteiger partial charge >= 0.3 is 0 Å². The van der Waals surface area contributed by atoms with Crippen LogP contribution in [0.5, 0.6) is 5.75 Å². The molecule has 0 saturated carbocycles. The third-order valence-corrected chi connectivity index (χ3v) is 4.62. The Bertz CT molecular complexity index is 904. The number of rotatable bonds is 8. The molecule has 1 atom stereocenters. The van der Waals surface area contributed by atoms with Gasteiger partial charge in [-0.05, 0) is 43.8 Å². The molecular formula is C22H26N4O2. The highest BCUT2D eigenvalue weighted by Crippen LogP contribution is 2.25. The van der Waals surface area contributed by atoms with Gasteiger partial charge in [-0.1, -0.05) is 30.3 Å². The minimum absolute atomic E-state index is 0.132. The molecule has 1 amide bonds. The molecule has 0 aliphatic rings. The monoisotopic (exact) mass is 378 g/mol. The Hall–Kier alpha value is -3.12. The van der Waals surface area contributed by atoms with Crippen molar-refractivity contribution in [1.29, 1.82) is 0 Å². The van der Waals surface area contributed by atoms with Gasteiger partial charge in [-0.2, -0.15) is 5.10 Å². The maximum atomic E-state index is 12.8. The van der Waals surface area contributed by atoms with Crippen LogP contribution < -0.4 is 15.4 Å². The fourth-order valence-corrected chi connectivity index (χ4v) is 2.84. The van der Waals surface area contributed by atoms with E-state index in [4.69, 9.17) is 9.84 Å². The number of hydrogen-bond donors (Lipinski definition) is 2. The first-order valence-corrected chi connectivity index (χ1v) is 9.32. The van der Waals surface area contributed by atoms with Gasteiger partial charge in [-0.15, -0.1) is 0 Å². The number of benzene rings is 2. The molecule has 0 spiro atoms. The number of methoxy groups -OCH3 is 1. The Balaban J connectivity index is 1.91. The van der Waals surface area contributed by atoms with E-state index in [1.807, 2.05) is 79.4 Å². The van der Waals surface area contributed by atoms with Crippen molar-refractivity contribution in [3.8, 4) is 17.0 Å². The quantitative estimate of drug-likeness (QED) is 0.632. The third-order valence-electron chi connectivity index (χ3n) is 4.62. The number of ether oxygens (including phenoxy) is 1. The summed E-state index contributed by atoms with van der Waals surface area (Å²) in [4.78, 5) is 12.8. The van der Waals surface area contributed by atoms with Crippen molar-refractivity contribution in [2.75, 3.05) is 20.7 Å². The van der Waals surface area contributed by atoms with Crippen LogP contribution in [0.4, 0.5) is 0 Å². The predicted octanol–water partition coefficient (Wildman–Crippen LogP) is 2.94. The summed E-state index contributed by atoms with van der Waals surface area (Å²) in [6, 6.07) is 17.8. The molecule has 1 heterocycles. The van der Waals surface area contributed by atoms with E-state index < -0.39 is 0 Å². The summed E-state index contributed by atoms with van der Waals surface area (Å²) in [7, 11) is 3.50. The Morgan fingerprint density at radius 1 is 1.14 bits per heavy atom. The van der Waals surface area contributed by atoms with Gasteiger partial charge in [-0.3, -0.25) is 9.48 Å². The minimum Gasteiger partial charge on any atom is -0.497 e. The number of carbonyl (C=O) groups is 1. The van der Waals surface area contributed by atoms with Gasteiger partial charge in [0.05, 0.1) is 19.2 Å². The van der Waals surface area contributed by atoms with Crippen LogP contribution in [0.25, 0.3) is 11.3 Å². The van der Waals surface area contributed by atoms with Crippen LogP contribution in [0, 0.1) is 0 Å². The van der Waals surface area contributed by atoms with Gasteiger partial charge < -0.3 is 15.4 Å². The zero-order valence-corrected chi connectivity index (χ0v) is 16.5. The number of amides is 1. The van der Waals surface area contributed by atoms with Gasteiger partial charge in [0.2, 0.25) is 0 Å². The van der Waals surface area contributed by atoms with Crippen LogP contribution in [0.15, 0.2) is 60.8 Å². The molecule has 3 rings (SSSR count). The number of hydrogen-bond acceptors (Lipinski definition) is 4. The average Bonchev–Trinajstić information content (AvgIpc) is 3.16. The first-order chi connectivity index (χ1) is 13.6. The summed E-state index contributed by atoms with van der Waals surface area (Å²) in [6.07, 6.45) is 1.81. The molecule has 0 radical (unpaired) electrons. The maximum absolute atomic E-state index is 12.8. The van der Waals surface area contributed by atoms with Crippen molar-refractivity contribution in [2.24, 2.45) is 0 Å². The lowest BCUT2D eigenvalue weighted by molar-refractivity contribution is 0.0951. The average molecular weight is 378 g/mol. The van der Waals surface area contributed by atoms with E-state index in [1.165, 1.54) is 0 Å². The molecule has 28 heavy (non-hydrogen) atoms. The fourth-order valence-electron chi connectivity index (χ4n) is 2.84. The van der Waals surface area contributed by atoms with Gasteiger partial charge in [0.25, 0.3) is 5.91 Å². The van der Waals surface area contributed by atoms with Crippen molar-refractivity contribution >= 4 is 5.91 Å². The summed E-state index contributed by atoms with van der Waals surface area (Å²) in [6.45, 7) is 3.16. The normalized spacial score (nSPS) is 11.8. The SMILES string of the molecule is CNC(C)CNC(=O)c1cn(Cc2ccccc2)nc1-c1ccc(OC)cc1. The molecule has 1 aromatic heterocycles. The van der Waals surface area contributed by atoms with Crippen molar-refractivity contribution < 1.29 is 9.53 Å². The van der Waals surface area contributed by atoms with E-state index >= 15 is 0 Å². The van der Waals surface area contributed by atoms with E-state index in [0.717, 1.165) is 16.9 Å². The molecule has 2 aromatic carbocycles. The van der Waals surface area contributed by atoms with E-state index in [2.05, 4.69) is 10.6 Å². The van der Waals surface area contributed by atoms with Crippen LogP contribution in [0.1, 0.15) is 22.8 Å². The van der Waals surface area contributed by atoms with Crippen molar-refractivity contribution in [1.82, 2.24) is 20.4 Å². The highest BCUT2D eigenvalue weighted by Gasteiger charge is 2.18. The number of carbonyl (C=O) groups excluding carboxylic acids is 1. The van der Waals surface area contributed by atoms with Gasteiger partial charge in [0.1, 0.15) is 11.4 Å². The minimum atomic E-state index is -0.132. The Morgan fingerprint density at radius 2 is 1.86 bits per heavy atom. The number of aromatic nitrogens is 2. The van der Waals surface area contributed by atoms with Crippen LogP contribution in [0.3, 0.4) is 0 Å². The molecule has 0 fully saturated rings. The summed E-state index contributed by atoms with van der Waals surface area (Å²) in [5, 5.41) is 10.8. The molecule has 146 valence electrons. The van der Waals surface area contributed by atoms with E-state index in [1.54, 1.807) is 7.11 Å². The molecule has 3 aromatic rings. The second-order valence-corrected chi connectivity index (χ2v) is 6.70. The molecule has 6 nitrogen and oxygen atoms in total. The number of likely N-dealkylation sites (N-methyl/N-ethyl adjacent to an activating group) is 1. The summed E-state index contributed by atoms with van der Waals surface area (Å²) < 4.78 is 7.04. The zero-order valence-electron chi connectivity index (χ0n) is 16.5. The largest absolute Gasteiger partial charge is 0.497 e. The first kappa shape index (κ1) is 19.6. The van der Waals surface area contributed by atoms with E-state index in [0.29, 0.717) is 24.3 Å². The number of nitrogens with zero attached hydrogens (tertiary/aromatic N) is 2. The first-order valence-electron chi connectivity index (χ1n) is 9.32. The summed E-state index contributed by atoms with van der Waals surface area (Å²) >= 11 is 0. The Labute approximate surface area is 165 Å². The fraction of sp³-hybridized carbons (Fsp3) is 0.273. The molecule has 2 N–H and O–H groups in total. The van der Waals surface area contributed by atoms with Gasteiger partial charge in [0, 0.05) is 24.3 Å². The standard InChI is InChI=1S/C22H26N4O2/c1-16(23-2)13-24-22(27)20-15-26(14-17-7-5-4-6-8-17)25-21(20)18-9-11-19(28-3)12-10-18/h4-12,15-16,23H,13-14H2,1-3H3,(H,24,27). The van der Waals surface area contributed by atoms with Crippen LogP contribution >= 0.6 is 0 Å². The summed E-state index contributed by atoms with van der Waals surface area (Å²) in [5.74, 6) is 0.633. The Morgan fingerprint density at radius 3 is 2.50 bits per heavy atom. The Kier molecular flexibility index (Phi) is 6.45. The van der Waals surface area contributed by atoms with Crippen molar-refractivity contribution in [3.05, 3.63) is 71.9 Å². The van der Waals surface area contributed by atoms with Crippen LogP contribution in [-0.4, -0.2) is 42.4 Å². The highest BCUT2D eigenvalue weighted by atomic mass is 16.5. The molecule has 0 aliphatic carbocycles. The van der Waals surface area contributed by atoms with E-state index in [9.17, 15) is 4.79 Å². The topological polar surface area (TPSA) is 68.2 Å². The predicted molar refractivity (Wildman–Crippen MR) is 111 cm³/mol. The molecule has 0 bridgehead atoms. The second-order valence-electron chi connectivity index (χ2n) is 6.70. The van der Waals surface area contributed by atoms with Crippen LogP contribution in [0.2, 0.25) is 0 Å². The third kappa shape index (κ3) is 4.78. The molecular weight excluding hydrogens is 352 g/mol. The lowest BCUT2D eigenvalue weighted by atomic mass is 10.1. The van der Waals surface area contributed by atoms with E-state index in [-0.39, 0.29) is 11.9 Å². The zero-order chi connectivity index (χ0) is 19.9. The highest BCUT2D eigenvalue weighted by molar-refractivity contribution is 5.99. The number of nitrogens with one attached hydrogen (secondary N) is 2. The second kappa shape index (κ2) is 9.19. The van der Waals surface area contributed by atoms with Crippen molar-refractivity contribution in [2.45, 2.75) is 19.5 Å². The maximum Gasteiger partial charge on any atom is 0.255 e. The lowest BCUT2D eigenvalue weighted by Crippen LogP contribution is -2.37. The molecule has 1 unspecified atom stereocenters. The smallest absolute Gasteiger partial charge is 0.255 e. The summed E-state index contributed by atoms with van der Waals surface area (Å²) in [5.41, 5.74) is 3.22. The van der Waals surface area contributed by atoms with Crippen molar-refractivity contribution in [3.63, 3.8) is 0 Å². The molecule has 6 heteroatoms. The van der Waals surface area contributed by atoms with Gasteiger partial charge in [-0.25, -0.2) is 0 Å². The lowest BCUT2D eigenvalue weighted by Gasteiger charge is -2.11. The molecule has 0 saturated heterocycles. The van der Waals surface area contributed by atoms with Gasteiger partial charge in [0.15, 0.2) is 0 Å². The molecule has 0 aliphatic heterocycles.